The number of nitrogens with one attached hydrogen (secondary N) is 1. The number of carbonyl (C=O) groups excluding carboxylic acids is 4. The number of amides is 3. The van der Waals surface area contributed by atoms with Crippen molar-refractivity contribution < 1.29 is 28.8 Å². The molecule has 1 aliphatic heterocycles. The molecule has 0 aliphatic carbocycles. The standard InChI is InChI=1S/C21H18ClN3O7/c1-12(20(28)23-17-10-15(25(30)31)6-7-16(17)22)32-21(29)14-4-2-13(3-5-14)11-24-18(26)8-9-19(24)27/h2-7,10,12H,8-9,11H2,1H3,(H,23,28)/t12-/m0/s1. The molecule has 0 saturated carbocycles. The molecule has 166 valence electrons. The molecule has 1 aliphatic rings. The average Bonchev–Trinajstić information content (AvgIpc) is 3.07. The number of non-ortho nitro benzene ring substituents is 1. The minimum atomic E-state index is -1.21. The molecule has 3 amide bonds. The monoisotopic (exact) mass is 459 g/mol. The Labute approximate surface area is 187 Å². The zero-order chi connectivity index (χ0) is 23.4. The highest BCUT2D eigenvalue weighted by atomic mass is 35.5. The molecule has 0 unspecified atom stereocenters. The van der Waals surface area contributed by atoms with Gasteiger partial charge < -0.3 is 10.1 Å². The molecular formula is C21H18ClN3O7. The van der Waals surface area contributed by atoms with E-state index in [4.69, 9.17) is 16.3 Å². The number of imide groups is 1. The molecular weight excluding hydrogens is 442 g/mol. The molecule has 32 heavy (non-hydrogen) atoms. The number of rotatable bonds is 7. The molecule has 2 aromatic carbocycles. The lowest BCUT2D eigenvalue weighted by molar-refractivity contribution is -0.384. The van der Waals surface area contributed by atoms with Crippen molar-refractivity contribution >= 4 is 46.7 Å². The quantitative estimate of drug-likeness (QED) is 0.291. The number of anilines is 1. The second kappa shape index (κ2) is 9.56. The van der Waals surface area contributed by atoms with Crippen LogP contribution < -0.4 is 5.32 Å². The molecule has 0 bridgehead atoms. The molecule has 1 saturated heterocycles. The smallest absolute Gasteiger partial charge is 0.338 e. The second-order valence-corrected chi connectivity index (χ2v) is 7.44. The van der Waals surface area contributed by atoms with E-state index < -0.39 is 22.9 Å². The number of ether oxygens (including phenoxy) is 1. The molecule has 1 N–H and O–H groups in total. The number of likely N-dealkylation sites (tertiary alicyclic amines) is 1. The van der Waals surface area contributed by atoms with Gasteiger partial charge in [-0.1, -0.05) is 23.7 Å². The van der Waals surface area contributed by atoms with Gasteiger partial charge in [0.1, 0.15) is 0 Å². The van der Waals surface area contributed by atoms with Gasteiger partial charge in [0.05, 0.1) is 27.7 Å². The highest BCUT2D eigenvalue weighted by molar-refractivity contribution is 6.33. The van der Waals surface area contributed by atoms with Gasteiger partial charge in [0.15, 0.2) is 6.10 Å². The van der Waals surface area contributed by atoms with Crippen LogP contribution in [0.4, 0.5) is 11.4 Å². The van der Waals surface area contributed by atoms with Crippen molar-refractivity contribution in [1.82, 2.24) is 4.90 Å². The molecule has 0 spiro atoms. The highest BCUT2D eigenvalue weighted by Crippen LogP contribution is 2.27. The number of benzene rings is 2. The lowest BCUT2D eigenvalue weighted by Crippen LogP contribution is -2.30. The lowest BCUT2D eigenvalue weighted by Gasteiger charge is -2.15. The number of carbonyl (C=O) groups is 4. The number of esters is 1. The van der Waals surface area contributed by atoms with Crippen LogP contribution in [0.1, 0.15) is 35.7 Å². The number of nitro groups is 1. The van der Waals surface area contributed by atoms with Gasteiger partial charge >= 0.3 is 5.97 Å². The zero-order valence-corrected chi connectivity index (χ0v) is 17.6. The Bertz CT molecular complexity index is 1090. The zero-order valence-electron chi connectivity index (χ0n) is 16.9. The van der Waals surface area contributed by atoms with Crippen LogP contribution in [0, 0.1) is 10.1 Å². The van der Waals surface area contributed by atoms with Crippen LogP contribution >= 0.6 is 11.6 Å². The van der Waals surface area contributed by atoms with Crippen LogP contribution in [-0.4, -0.2) is 39.6 Å². The number of halogens is 1. The molecule has 10 nitrogen and oxygen atoms in total. The van der Waals surface area contributed by atoms with Crippen LogP contribution in [0.2, 0.25) is 5.02 Å². The maximum atomic E-state index is 12.3. The predicted molar refractivity (Wildman–Crippen MR) is 113 cm³/mol. The van der Waals surface area contributed by atoms with E-state index in [2.05, 4.69) is 5.32 Å². The molecule has 3 rings (SSSR count). The Morgan fingerprint density at radius 1 is 1.16 bits per heavy atom. The summed E-state index contributed by atoms with van der Waals surface area (Å²) < 4.78 is 5.15. The Balaban J connectivity index is 1.60. The van der Waals surface area contributed by atoms with Crippen molar-refractivity contribution in [2.24, 2.45) is 0 Å². The molecule has 1 fully saturated rings. The summed E-state index contributed by atoms with van der Waals surface area (Å²) in [6.45, 7) is 1.47. The minimum absolute atomic E-state index is 0.0177. The second-order valence-electron chi connectivity index (χ2n) is 7.03. The normalized spacial score (nSPS) is 14.2. The van der Waals surface area contributed by atoms with Gasteiger partial charge in [-0.2, -0.15) is 0 Å². The number of nitrogens with zero attached hydrogens (tertiary/aromatic N) is 2. The maximum absolute atomic E-state index is 12.3. The molecule has 1 atom stereocenters. The van der Waals surface area contributed by atoms with Gasteiger partial charge in [0.2, 0.25) is 11.8 Å². The van der Waals surface area contributed by atoms with Crippen LogP contribution in [0.3, 0.4) is 0 Å². The lowest BCUT2D eigenvalue weighted by atomic mass is 10.1. The number of nitro benzene ring substituents is 1. The topological polar surface area (TPSA) is 136 Å². The van der Waals surface area contributed by atoms with Crippen LogP contribution in [0.15, 0.2) is 42.5 Å². The summed E-state index contributed by atoms with van der Waals surface area (Å²) in [6.07, 6.45) is -0.813. The van der Waals surface area contributed by atoms with E-state index in [0.29, 0.717) is 5.56 Å². The van der Waals surface area contributed by atoms with E-state index in [1.807, 2.05) is 0 Å². The van der Waals surface area contributed by atoms with E-state index in [-0.39, 0.29) is 53.2 Å². The van der Waals surface area contributed by atoms with Crippen LogP contribution in [0.25, 0.3) is 0 Å². The van der Waals surface area contributed by atoms with Gasteiger partial charge in [-0.15, -0.1) is 0 Å². The van der Waals surface area contributed by atoms with Crippen molar-refractivity contribution in [2.75, 3.05) is 5.32 Å². The first kappa shape index (κ1) is 22.9. The average molecular weight is 460 g/mol. The number of hydrogen-bond acceptors (Lipinski definition) is 7. The van der Waals surface area contributed by atoms with Crippen LogP contribution in [-0.2, 0) is 25.7 Å². The first-order valence-electron chi connectivity index (χ1n) is 9.53. The minimum Gasteiger partial charge on any atom is -0.449 e. The van der Waals surface area contributed by atoms with E-state index in [1.54, 1.807) is 12.1 Å². The Kier molecular flexibility index (Phi) is 6.84. The Morgan fingerprint density at radius 2 is 1.78 bits per heavy atom. The van der Waals surface area contributed by atoms with E-state index in [0.717, 1.165) is 6.07 Å². The van der Waals surface area contributed by atoms with Crippen molar-refractivity contribution in [3.63, 3.8) is 0 Å². The van der Waals surface area contributed by atoms with Crippen LogP contribution in [0.5, 0.6) is 0 Å². The largest absolute Gasteiger partial charge is 0.449 e. The Morgan fingerprint density at radius 3 is 2.38 bits per heavy atom. The van der Waals surface area contributed by atoms with Gasteiger partial charge in [-0.25, -0.2) is 4.79 Å². The maximum Gasteiger partial charge on any atom is 0.338 e. The Hall–Kier alpha value is -3.79. The van der Waals surface area contributed by atoms with Crippen molar-refractivity contribution in [3.8, 4) is 0 Å². The molecule has 11 heteroatoms. The third kappa shape index (κ3) is 5.27. The van der Waals surface area contributed by atoms with Gasteiger partial charge in [0.25, 0.3) is 11.6 Å². The molecule has 0 radical (unpaired) electrons. The third-order valence-corrected chi connectivity index (χ3v) is 5.09. The van der Waals surface area contributed by atoms with Crippen molar-refractivity contribution in [1.29, 1.82) is 0 Å². The third-order valence-electron chi connectivity index (χ3n) is 4.76. The number of hydrogen-bond donors (Lipinski definition) is 1. The summed E-state index contributed by atoms with van der Waals surface area (Å²) in [5.74, 6) is -1.95. The van der Waals surface area contributed by atoms with Crippen molar-refractivity contribution in [2.45, 2.75) is 32.4 Å². The summed E-state index contributed by atoms with van der Waals surface area (Å²) >= 11 is 5.95. The van der Waals surface area contributed by atoms with E-state index >= 15 is 0 Å². The first-order valence-corrected chi connectivity index (χ1v) is 9.91. The molecule has 1 heterocycles. The van der Waals surface area contributed by atoms with Gasteiger partial charge in [0, 0.05) is 25.0 Å². The van der Waals surface area contributed by atoms with Crippen molar-refractivity contribution in [3.05, 3.63) is 68.7 Å². The predicted octanol–water partition coefficient (Wildman–Crippen LogP) is 3.08. The summed E-state index contributed by atoms with van der Waals surface area (Å²) in [5.41, 5.74) is 0.591. The summed E-state index contributed by atoms with van der Waals surface area (Å²) in [5, 5.41) is 13.4. The fourth-order valence-electron chi connectivity index (χ4n) is 2.97. The SMILES string of the molecule is C[C@H](OC(=O)c1ccc(CN2C(=O)CCC2=O)cc1)C(=O)Nc1cc([N+](=O)[O-])ccc1Cl. The highest BCUT2D eigenvalue weighted by Gasteiger charge is 2.28. The molecule has 2 aromatic rings. The van der Waals surface area contributed by atoms with E-state index in [1.165, 1.54) is 36.1 Å². The fourth-order valence-corrected chi connectivity index (χ4v) is 3.13. The van der Waals surface area contributed by atoms with Gasteiger partial charge in [-0.3, -0.25) is 29.4 Å². The van der Waals surface area contributed by atoms with E-state index in [9.17, 15) is 29.3 Å². The fraction of sp³-hybridized carbons (Fsp3) is 0.238. The first-order chi connectivity index (χ1) is 15.2. The summed E-state index contributed by atoms with van der Waals surface area (Å²) in [6, 6.07) is 9.67. The van der Waals surface area contributed by atoms with Gasteiger partial charge in [-0.05, 0) is 30.7 Å². The molecule has 0 aromatic heterocycles. The summed E-state index contributed by atoms with van der Waals surface area (Å²) in [7, 11) is 0. The summed E-state index contributed by atoms with van der Waals surface area (Å²) in [4.78, 5) is 59.5.